The van der Waals surface area contributed by atoms with Crippen molar-refractivity contribution in [1.82, 2.24) is 0 Å². The lowest BCUT2D eigenvalue weighted by atomic mass is 10.2. The van der Waals surface area contributed by atoms with Crippen molar-refractivity contribution < 1.29 is 13.2 Å². The standard InChI is InChI=1S/C8H19NO3S/c1-7(4-9)6-13(10,11)8(2)5-12-3/h7-8H,4-6,9H2,1-3H3. The van der Waals surface area contributed by atoms with Gasteiger partial charge in [-0.15, -0.1) is 0 Å². The van der Waals surface area contributed by atoms with Gasteiger partial charge in [-0.1, -0.05) is 6.92 Å². The summed E-state index contributed by atoms with van der Waals surface area (Å²) in [6.07, 6.45) is 0. The van der Waals surface area contributed by atoms with E-state index in [1.165, 1.54) is 7.11 Å². The minimum Gasteiger partial charge on any atom is -0.383 e. The van der Waals surface area contributed by atoms with Crippen molar-refractivity contribution in [2.75, 3.05) is 26.0 Å². The Morgan fingerprint density at radius 2 is 1.92 bits per heavy atom. The molecule has 0 aliphatic rings. The quantitative estimate of drug-likeness (QED) is 0.670. The fraction of sp³-hybridized carbons (Fsp3) is 1.00. The van der Waals surface area contributed by atoms with Crippen LogP contribution in [0.1, 0.15) is 13.8 Å². The first-order valence-electron chi connectivity index (χ1n) is 4.34. The minimum atomic E-state index is -3.04. The fourth-order valence-corrected chi connectivity index (χ4v) is 2.57. The molecule has 4 nitrogen and oxygen atoms in total. The first-order chi connectivity index (χ1) is 5.94. The Kier molecular flexibility index (Phi) is 5.51. The molecule has 80 valence electrons. The van der Waals surface area contributed by atoms with E-state index in [1.54, 1.807) is 6.92 Å². The molecule has 0 saturated heterocycles. The Morgan fingerprint density at radius 1 is 1.38 bits per heavy atom. The predicted octanol–water partition coefficient (Wildman–Crippen LogP) is 0.0309. The lowest BCUT2D eigenvalue weighted by Gasteiger charge is -2.14. The van der Waals surface area contributed by atoms with Gasteiger partial charge >= 0.3 is 0 Å². The van der Waals surface area contributed by atoms with Crippen molar-refractivity contribution >= 4 is 9.84 Å². The average Bonchev–Trinajstić information content (AvgIpc) is 2.04. The summed E-state index contributed by atoms with van der Waals surface area (Å²) in [5, 5.41) is -0.438. The van der Waals surface area contributed by atoms with Gasteiger partial charge in [0.15, 0.2) is 9.84 Å². The first kappa shape index (κ1) is 12.9. The maximum absolute atomic E-state index is 11.6. The molecule has 0 saturated carbocycles. The highest BCUT2D eigenvalue weighted by Crippen LogP contribution is 2.07. The monoisotopic (exact) mass is 209 g/mol. The van der Waals surface area contributed by atoms with Crippen LogP contribution < -0.4 is 5.73 Å². The Labute approximate surface area is 80.4 Å². The van der Waals surface area contributed by atoms with E-state index in [0.717, 1.165) is 0 Å². The molecular weight excluding hydrogens is 190 g/mol. The molecule has 0 rings (SSSR count). The smallest absolute Gasteiger partial charge is 0.155 e. The third-order valence-corrected chi connectivity index (χ3v) is 4.33. The van der Waals surface area contributed by atoms with Gasteiger partial charge < -0.3 is 10.5 Å². The lowest BCUT2D eigenvalue weighted by Crippen LogP contribution is -2.30. The summed E-state index contributed by atoms with van der Waals surface area (Å²) in [6, 6.07) is 0. The zero-order chi connectivity index (χ0) is 10.5. The number of hydrogen-bond donors (Lipinski definition) is 1. The maximum Gasteiger partial charge on any atom is 0.155 e. The molecule has 2 atom stereocenters. The summed E-state index contributed by atoms with van der Waals surface area (Å²) in [7, 11) is -1.54. The molecule has 0 spiro atoms. The molecule has 0 radical (unpaired) electrons. The maximum atomic E-state index is 11.6. The molecular formula is C8H19NO3S. The second-order valence-electron chi connectivity index (χ2n) is 3.44. The van der Waals surface area contributed by atoms with Gasteiger partial charge in [0.25, 0.3) is 0 Å². The van der Waals surface area contributed by atoms with Crippen LogP contribution in [0.3, 0.4) is 0 Å². The number of methoxy groups -OCH3 is 1. The second-order valence-corrected chi connectivity index (χ2v) is 5.90. The summed E-state index contributed by atoms with van der Waals surface area (Å²) < 4.78 is 27.9. The van der Waals surface area contributed by atoms with Crippen LogP contribution in [0.4, 0.5) is 0 Å². The Balaban J connectivity index is 4.23. The van der Waals surface area contributed by atoms with Crippen LogP contribution in [-0.2, 0) is 14.6 Å². The average molecular weight is 209 g/mol. The van der Waals surface area contributed by atoms with Crippen molar-refractivity contribution in [1.29, 1.82) is 0 Å². The summed E-state index contributed by atoms with van der Waals surface area (Å²) in [5.74, 6) is 0.165. The van der Waals surface area contributed by atoms with Gasteiger partial charge in [0.1, 0.15) is 0 Å². The second kappa shape index (κ2) is 5.57. The van der Waals surface area contributed by atoms with Gasteiger partial charge in [0.2, 0.25) is 0 Å². The molecule has 5 heteroatoms. The number of rotatable bonds is 6. The van der Waals surface area contributed by atoms with E-state index in [4.69, 9.17) is 10.5 Å². The Bertz CT molecular complexity index is 226. The van der Waals surface area contributed by atoms with Crippen molar-refractivity contribution in [2.24, 2.45) is 11.7 Å². The zero-order valence-corrected chi connectivity index (χ0v) is 9.30. The normalized spacial score (nSPS) is 16.9. The Hall–Kier alpha value is -0.130. The van der Waals surface area contributed by atoms with E-state index in [1.807, 2.05) is 6.92 Å². The van der Waals surface area contributed by atoms with Gasteiger partial charge in [-0.2, -0.15) is 0 Å². The molecule has 0 bridgehead atoms. The number of ether oxygens (including phenoxy) is 1. The Morgan fingerprint density at radius 3 is 2.31 bits per heavy atom. The van der Waals surface area contributed by atoms with E-state index in [9.17, 15) is 8.42 Å². The van der Waals surface area contributed by atoms with Gasteiger partial charge in [-0.3, -0.25) is 0 Å². The van der Waals surface area contributed by atoms with Gasteiger partial charge in [-0.05, 0) is 19.4 Å². The molecule has 2 N–H and O–H groups in total. The largest absolute Gasteiger partial charge is 0.383 e. The first-order valence-corrected chi connectivity index (χ1v) is 6.06. The van der Waals surface area contributed by atoms with Gasteiger partial charge in [0.05, 0.1) is 17.6 Å². The highest BCUT2D eigenvalue weighted by molar-refractivity contribution is 7.92. The predicted molar refractivity (Wildman–Crippen MR) is 53.3 cm³/mol. The van der Waals surface area contributed by atoms with E-state index in [0.29, 0.717) is 6.54 Å². The molecule has 0 aromatic carbocycles. The van der Waals surface area contributed by atoms with Crippen molar-refractivity contribution in [3.63, 3.8) is 0 Å². The fourth-order valence-electron chi connectivity index (χ4n) is 0.967. The van der Waals surface area contributed by atoms with E-state index >= 15 is 0 Å². The van der Waals surface area contributed by atoms with Crippen molar-refractivity contribution in [3.8, 4) is 0 Å². The summed E-state index contributed by atoms with van der Waals surface area (Å²) >= 11 is 0. The molecule has 0 aromatic heterocycles. The highest BCUT2D eigenvalue weighted by atomic mass is 32.2. The number of hydrogen-bond acceptors (Lipinski definition) is 4. The van der Waals surface area contributed by atoms with Crippen LogP contribution in [0.5, 0.6) is 0 Å². The van der Waals surface area contributed by atoms with Crippen LogP contribution >= 0.6 is 0 Å². The molecule has 0 fully saturated rings. The zero-order valence-electron chi connectivity index (χ0n) is 8.49. The summed E-state index contributed by atoms with van der Waals surface area (Å²) in [6.45, 7) is 4.14. The molecule has 0 heterocycles. The van der Waals surface area contributed by atoms with Crippen LogP contribution in [0, 0.1) is 5.92 Å². The number of sulfone groups is 1. The highest BCUT2D eigenvalue weighted by Gasteiger charge is 2.22. The van der Waals surface area contributed by atoms with Crippen molar-refractivity contribution in [3.05, 3.63) is 0 Å². The lowest BCUT2D eigenvalue weighted by molar-refractivity contribution is 0.200. The van der Waals surface area contributed by atoms with Crippen LogP contribution in [-0.4, -0.2) is 39.7 Å². The minimum absolute atomic E-state index is 0.0179. The van der Waals surface area contributed by atoms with Crippen LogP contribution in [0.15, 0.2) is 0 Å². The molecule has 0 amide bonds. The third-order valence-electron chi connectivity index (χ3n) is 1.93. The third kappa shape index (κ3) is 4.59. The topological polar surface area (TPSA) is 69.4 Å². The van der Waals surface area contributed by atoms with E-state index < -0.39 is 15.1 Å². The molecule has 2 unspecified atom stereocenters. The van der Waals surface area contributed by atoms with E-state index in [2.05, 4.69) is 0 Å². The van der Waals surface area contributed by atoms with Crippen LogP contribution in [0.2, 0.25) is 0 Å². The van der Waals surface area contributed by atoms with Gasteiger partial charge in [-0.25, -0.2) is 8.42 Å². The SMILES string of the molecule is COCC(C)S(=O)(=O)CC(C)CN. The van der Waals surface area contributed by atoms with Crippen LogP contribution in [0.25, 0.3) is 0 Å². The number of nitrogens with two attached hydrogens (primary N) is 1. The summed E-state index contributed by atoms with van der Waals surface area (Å²) in [5.41, 5.74) is 5.36. The van der Waals surface area contributed by atoms with Crippen molar-refractivity contribution in [2.45, 2.75) is 19.1 Å². The molecule has 0 aromatic rings. The molecule has 0 aliphatic carbocycles. The van der Waals surface area contributed by atoms with Gasteiger partial charge in [0, 0.05) is 7.11 Å². The summed E-state index contributed by atoms with van der Waals surface area (Å²) in [4.78, 5) is 0. The van der Waals surface area contributed by atoms with E-state index in [-0.39, 0.29) is 18.3 Å². The molecule has 0 aliphatic heterocycles. The molecule has 13 heavy (non-hydrogen) atoms.